The Labute approximate surface area is 179 Å². The topological polar surface area (TPSA) is 76.7 Å². The molecule has 3 aromatic carbocycles. The van der Waals surface area contributed by atoms with E-state index in [1.54, 1.807) is 66.7 Å². The third-order valence-corrected chi connectivity index (χ3v) is 4.53. The summed E-state index contributed by atoms with van der Waals surface area (Å²) in [6, 6.07) is 19.0. The van der Waals surface area contributed by atoms with E-state index in [-0.39, 0.29) is 18.4 Å². The summed E-state index contributed by atoms with van der Waals surface area (Å²) in [5.41, 5.74) is 2.59. The molecule has 154 valence electrons. The van der Waals surface area contributed by atoms with Crippen LogP contribution in [0, 0.1) is 6.92 Å². The van der Waals surface area contributed by atoms with Gasteiger partial charge in [0.15, 0.2) is 6.61 Å². The second-order valence-corrected chi connectivity index (χ2v) is 6.91. The Hall–Kier alpha value is -3.51. The van der Waals surface area contributed by atoms with Crippen molar-refractivity contribution in [3.05, 3.63) is 82.9 Å². The first-order chi connectivity index (χ1) is 14.5. The van der Waals surface area contributed by atoms with E-state index in [4.69, 9.17) is 21.1 Å². The summed E-state index contributed by atoms with van der Waals surface area (Å²) < 4.78 is 10.7. The maximum Gasteiger partial charge on any atom is 0.262 e. The Bertz CT molecular complexity index is 1050. The molecule has 0 radical (unpaired) electrons. The number of hydrogen-bond donors (Lipinski definition) is 2. The number of para-hydroxylation sites is 1. The van der Waals surface area contributed by atoms with E-state index in [9.17, 15) is 9.59 Å². The van der Waals surface area contributed by atoms with Crippen LogP contribution in [0.3, 0.4) is 0 Å². The summed E-state index contributed by atoms with van der Waals surface area (Å²) in [5.74, 6) is 0.443. The van der Waals surface area contributed by atoms with Crippen LogP contribution in [0.25, 0.3) is 0 Å². The van der Waals surface area contributed by atoms with Gasteiger partial charge in [-0.25, -0.2) is 0 Å². The molecule has 0 spiro atoms. The molecule has 0 heterocycles. The van der Waals surface area contributed by atoms with Crippen LogP contribution in [0.1, 0.15) is 15.9 Å². The van der Waals surface area contributed by atoms with Crippen LogP contribution in [0.4, 0.5) is 11.4 Å². The highest BCUT2D eigenvalue weighted by Gasteiger charge is 2.12. The molecule has 0 fully saturated rings. The molecular formula is C23H21ClN2O4. The summed E-state index contributed by atoms with van der Waals surface area (Å²) in [4.78, 5) is 24.5. The van der Waals surface area contributed by atoms with Gasteiger partial charge in [-0.05, 0) is 67.1 Å². The average molecular weight is 425 g/mol. The molecule has 2 amide bonds. The fourth-order valence-corrected chi connectivity index (χ4v) is 2.99. The van der Waals surface area contributed by atoms with Gasteiger partial charge < -0.3 is 20.1 Å². The number of aryl methyl sites for hydroxylation is 1. The summed E-state index contributed by atoms with van der Waals surface area (Å²) in [7, 11) is 1.52. The lowest BCUT2D eigenvalue weighted by atomic mass is 10.2. The zero-order chi connectivity index (χ0) is 21.5. The molecule has 3 rings (SSSR count). The van der Waals surface area contributed by atoms with Crippen LogP contribution in [0.5, 0.6) is 11.5 Å². The number of anilines is 2. The number of nitrogens with one attached hydrogen (secondary N) is 2. The molecule has 0 aliphatic heterocycles. The van der Waals surface area contributed by atoms with E-state index >= 15 is 0 Å². The number of benzene rings is 3. The number of hydrogen-bond acceptors (Lipinski definition) is 4. The van der Waals surface area contributed by atoms with Gasteiger partial charge in [-0.2, -0.15) is 0 Å². The van der Waals surface area contributed by atoms with Gasteiger partial charge >= 0.3 is 0 Å². The van der Waals surface area contributed by atoms with Gasteiger partial charge in [0, 0.05) is 16.4 Å². The van der Waals surface area contributed by atoms with E-state index in [0.29, 0.717) is 33.5 Å². The van der Waals surface area contributed by atoms with Crippen molar-refractivity contribution in [1.29, 1.82) is 0 Å². The van der Waals surface area contributed by atoms with E-state index in [0.717, 1.165) is 5.56 Å². The molecule has 0 bridgehead atoms. The predicted molar refractivity (Wildman–Crippen MR) is 118 cm³/mol. The smallest absolute Gasteiger partial charge is 0.262 e. The van der Waals surface area contributed by atoms with Gasteiger partial charge in [-0.15, -0.1) is 0 Å². The zero-order valence-electron chi connectivity index (χ0n) is 16.6. The maximum absolute atomic E-state index is 12.4. The lowest BCUT2D eigenvalue weighted by Crippen LogP contribution is -2.20. The van der Waals surface area contributed by atoms with Crippen molar-refractivity contribution in [3.8, 4) is 11.5 Å². The average Bonchev–Trinajstić information content (AvgIpc) is 2.75. The van der Waals surface area contributed by atoms with Crippen LogP contribution >= 0.6 is 11.6 Å². The number of carbonyl (C=O) groups excluding carboxylic acids is 2. The Morgan fingerprint density at radius 2 is 1.70 bits per heavy atom. The van der Waals surface area contributed by atoms with Crippen LogP contribution in [-0.4, -0.2) is 25.5 Å². The standard InChI is InChI=1S/C23H21ClN2O4/c1-15-13-16(24)7-12-20(15)26-22(27)14-30-18-10-8-17(9-11-18)25-23(28)19-5-3-4-6-21(19)29-2/h3-13H,14H2,1-2H3,(H,25,28)(H,26,27). The molecule has 2 N–H and O–H groups in total. The van der Waals surface area contributed by atoms with Crippen LogP contribution in [0.15, 0.2) is 66.7 Å². The van der Waals surface area contributed by atoms with E-state index in [2.05, 4.69) is 10.6 Å². The molecule has 0 saturated heterocycles. The van der Waals surface area contributed by atoms with Gasteiger partial charge in [-0.3, -0.25) is 9.59 Å². The second-order valence-electron chi connectivity index (χ2n) is 6.47. The van der Waals surface area contributed by atoms with Gasteiger partial charge in [0.1, 0.15) is 11.5 Å². The third kappa shape index (κ3) is 5.52. The molecule has 7 heteroatoms. The Morgan fingerprint density at radius 3 is 2.40 bits per heavy atom. The zero-order valence-corrected chi connectivity index (χ0v) is 17.3. The lowest BCUT2D eigenvalue weighted by Gasteiger charge is -2.11. The van der Waals surface area contributed by atoms with Crippen molar-refractivity contribution in [1.82, 2.24) is 0 Å². The SMILES string of the molecule is COc1ccccc1C(=O)Nc1ccc(OCC(=O)Nc2ccc(Cl)cc2C)cc1. The molecule has 0 saturated carbocycles. The summed E-state index contributed by atoms with van der Waals surface area (Å²) in [6.07, 6.45) is 0. The van der Waals surface area contributed by atoms with Gasteiger partial charge in [0.25, 0.3) is 11.8 Å². The number of rotatable bonds is 7. The Morgan fingerprint density at radius 1 is 0.967 bits per heavy atom. The van der Waals surface area contributed by atoms with Crippen molar-refractivity contribution in [2.75, 3.05) is 24.4 Å². The van der Waals surface area contributed by atoms with E-state index in [1.807, 2.05) is 6.92 Å². The molecule has 0 unspecified atom stereocenters. The summed E-state index contributed by atoms with van der Waals surface area (Å²) >= 11 is 5.92. The Kier molecular flexibility index (Phi) is 6.93. The van der Waals surface area contributed by atoms with Crippen LogP contribution in [-0.2, 0) is 4.79 Å². The molecular weight excluding hydrogens is 404 g/mol. The summed E-state index contributed by atoms with van der Waals surface area (Å²) in [5, 5.41) is 6.20. The molecule has 6 nitrogen and oxygen atoms in total. The van der Waals surface area contributed by atoms with Crippen LogP contribution < -0.4 is 20.1 Å². The minimum atomic E-state index is -0.283. The first kappa shape index (κ1) is 21.2. The highest BCUT2D eigenvalue weighted by atomic mass is 35.5. The van der Waals surface area contributed by atoms with E-state index in [1.165, 1.54) is 7.11 Å². The maximum atomic E-state index is 12.4. The Balaban J connectivity index is 1.54. The van der Waals surface area contributed by atoms with Gasteiger partial charge in [0.2, 0.25) is 0 Å². The van der Waals surface area contributed by atoms with Gasteiger partial charge in [-0.1, -0.05) is 23.7 Å². The van der Waals surface area contributed by atoms with Crippen molar-refractivity contribution in [3.63, 3.8) is 0 Å². The number of ether oxygens (including phenoxy) is 2. The molecule has 0 aliphatic carbocycles. The molecule has 0 aliphatic rings. The summed E-state index contributed by atoms with van der Waals surface area (Å²) in [6.45, 7) is 1.72. The molecule has 30 heavy (non-hydrogen) atoms. The lowest BCUT2D eigenvalue weighted by molar-refractivity contribution is -0.118. The quantitative estimate of drug-likeness (QED) is 0.564. The predicted octanol–water partition coefficient (Wildman–Crippen LogP) is 4.93. The van der Waals surface area contributed by atoms with Crippen molar-refractivity contribution >= 4 is 34.8 Å². The fourth-order valence-electron chi connectivity index (χ4n) is 2.77. The monoisotopic (exact) mass is 424 g/mol. The minimum absolute atomic E-state index is 0.144. The first-order valence-corrected chi connectivity index (χ1v) is 9.57. The second kappa shape index (κ2) is 9.80. The normalized spacial score (nSPS) is 10.2. The number of carbonyl (C=O) groups is 2. The van der Waals surface area contributed by atoms with Crippen molar-refractivity contribution in [2.24, 2.45) is 0 Å². The first-order valence-electron chi connectivity index (χ1n) is 9.19. The highest BCUT2D eigenvalue weighted by Crippen LogP contribution is 2.22. The largest absolute Gasteiger partial charge is 0.496 e. The van der Waals surface area contributed by atoms with E-state index < -0.39 is 0 Å². The highest BCUT2D eigenvalue weighted by molar-refractivity contribution is 6.30. The molecule has 0 atom stereocenters. The molecule has 0 aromatic heterocycles. The van der Waals surface area contributed by atoms with Crippen molar-refractivity contribution < 1.29 is 19.1 Å². The third-order valence-electron chi connectivity index (χ3n) is 4.30. The minimum Gasteiger partial charge on any atom is -0.496 e. The number of halogens is 1. The van der Waals surface area contributed by atoms with Gasteiger partial charge in [0.05, 0.1) is 12.7 Å². The number of amides is 2. The number of methoxy groups -OCH3 is 1. The van der Waals surface area contributed by atoms with Crippen LogP contribution in [0.2, 0.25) is 5.02 Å². The molecule has 3 aromatic rings. The fraction of sp³-hybridized carbons (Fsp3) is 0.130. The van der Waals surface area contributed by atoms with Crippen molar-refractivity contribution in [2.45, 2.75) is 6.92 Å².